The van der Waals surface area contributed by atoms with Gasteiger partial charge < -0.3 is 19.8 Å². The molecule has 0 unspecified atom stereocenters. The summed E-state index contributed by atoms with van der Waals surface area (Å²) in [7, 11) is 4.84. The second kappa shape index (κ2) is 5.17. The van der Waals surface area contributed by atoms with Crippen LogP contribution in [-0.2, 0) is 23.0 Å². The van der Waals surface area contributed by atoms with Crippen LogP contribution in [0.25, 0.3) is 11.0 Å². The molecule has 0 spiro atoms. The van der Waals surface area contributed by atoms with Gasteiger partial charge in [-0.2, -0.15) is 0 Å². The predicted molar refractivity (Wildman–Crippen MR) is 72.0 cm³/mol. The molecule has 0 atom stereocenters. The molecular formula is C13H17N3O3. The number of esters is 1. The average Bonchev–Trinajstić information content (AvgIpc) is 2.71. The molecule has 2 rings (SSSR count). The Morgan fingerprint density at radius 3 is 2.79 bits per heavy atom. The largest absolute Gasteiger partial charge is 0.495 e. The van der Waals surface area contributed by atoms with Crippen LogP contribution < -0.4 is 10.5 Å². The summed E-state index contributed by atoms with van der Waals surface area (Å²) in [5.74, 6) is 1.17. The number of fused-ring (bicyclic) bond motifs is 1. The van der Waals surface area contributed by atoms with Gasteiger partial charge in [0.05, 0.1) is 37.4 Å². The van der Waals surface area contributed by atoms with E-state index < -0.39 is 0 Å². The zero-order valence-corrected chi connectivity index (χ0v) is 11.3. The van der Waals surface area contributed by atoms with Crippen LogP contribution in [0.15, 0.2) is 12.1 Å². The van der Waals surface area contributed by atoms with Gasteiger partial charge >= 0.3 is 5.97 Å². The van der Waals surface area contributed by atoms with E-state index in [1.807, 2.05) is 17.7 Å². The first kappa shape index (κ1) is 13.2. The second-order valence-corrected chi connectivity index (χ2v) is 4.25. The second-order valence-electron chi connectivity index (χ2n) is 4.25. The third-order valence-corrected chi connectivity index (χ3v) is 3.11. The van der Waals surface area contributed by atoms with E-state index in [0.717, 1.165) is 16.9 Å². The summed E-state index contributed by atoms with van der Waals surface area (Å²) >= 11 is 0. The van der Waals surface area contributed by atoms with Gasteiger partial charge in [-0.3, -0.25) is 4.79 Å². The summed E-state index contributed by atoms with van der Waals surface area (Å²) in [6.45, 7) is 0. The zero-order chi connectivity index (χ0) is 14.0. The third-order valence-electron chi connectivity index (χ3n) is 3.11. The van der Waals surface area contributed by atoms with Gasteiger partial charge in [-0.25, -0.2) is 4.98 Å². The van der Waals surface area contributed by atoms with Crippen LogP contribution >= 0.6 is 0 Å². The lowest BCUT2D eigenvalue weighted by molar-refractivity contribution is -0.140. The number of nitrogens with zero attached hydrogens (tertiary/aromatic N) is 2. The van der Waals surface area contributed by atoms with Gasteiger partial charge in [0.1, 0.15) is 11.6 Å². The van der Waals surface area contributed by atoms with Gasteiger partial charge in [0.2, 0.25) is 0 Å². The van der Waals surface area contributed by atoms with Crippen LogP contribution in [0.3, 0.4) is 0 Å². The smallest absolute Gasteiger partial charge is 0.305 e. The summed E-state index contributed by atoms with van der Waals surface area (Å²) in [4.78, 5) is 15.7. The molecule has 0 radical (unpaired) electrons. The molecule has 1 aromatic carbocycles. The van der Waals surface area contributed by atoms with Gasteiger partial charge in [0.25, 0.3) is 0 Å². The molecule has 0 aliphatic carbocycles. The van der Waals surface area contributed by atoms with E-state index >= 15 is 0 Å². The lowest BCUT2D eigenvalue weighted by Crippen LogP contribution is -2.05. The van der Waals surface area contributed by atoms with E-state index in [4.69, 9.17) is 10.5 Å². The standard InChI is InChI=1S/C13H17N3O3/c1-16-10-6-8(14)11(18-2)7-9(10)15-12(16)4-5-13(17)19-3/h6-7H,4-5,14H2,1-3H3. The fourth-order valence-electron chi connectivity index (χ4n) is 2.00. The molecule has 6 nitrogen and oxygen atoms in total. The van der Waals surface area contributed by atoms with Crippen LogP contribution in [0, 0.1) is 0 Å². The fraction of sp³-hybridized carbons (Fsp3) is 0.385. The van der Waals surface area contributed by atoms with E-state index in [9.17, 15) is 4.79 Å². The molecule has 1 heterocycles. The number of carbonyl (C=O) groups is 1. The molecule has 2 N–H and O–H groups in total. The van der Waals surface area contributed by atoms with E-state index in [2.05, 4.69) is 9.72 Å². The number of carbonyl (C=O) groups excluding carboxylic acids is 1. The fourth-order valence-corrected chi connectivity index (χ4v) is 2.00. The molecule has 0 saturated carbocycles. The van der Waals surface area contributed by atoms with E-state index in [1.54, 1.807) is 13.2 Å². The first-order valence-corrected chi connectivity index (χ1v) is 5.92. The number of anilines is 1. The first-order valence-electron chi connectivity index (χ1n) is 5.92. The molecule has 0 saturated heterocycles. The van der Waals surface area contributed by atoms with Crippen molar-refractivity contribution in [3.05, 3.63) is 18.0 Å². The quantitative estimate of drug-likeness (QED) is 0.663. The number of rotatable bonds is 4. The van der Waals surface area contributed by atoms with Crippen LogP contribution in [0.1, 0.15) is 12.2 Å². The number of aromatic nitrogens is 2. The van der Waals surface area contributed by atoms with Crippen molar-refractivity contribution >= 4 is 22.7 Å². The Hall–Kier alpha value is -2.24. The number of aryl methyl sites for hydroxylation is 2. The number of benzene rings is 1. The Labute approximate surface area is 111 Å². The van der Waals surface area contributed by atoms with Crippen molar-refractivity contribution in [3.63, 3.8) is 0 Å². The monoisotopic (exact) mass is 263 g/mol. The highest BCUT2D eigenvalue weighted by atomic mass is 16.5. The lowest BCUT2D eigenvalue weighted by Gasteiger charge is -2.04. The maximum absolute atomic E-state index is 11.2. The molecule has 0 bridgehead atoms. The van der Waals surface area contributed by atoms with Crippen LogP contribution in [0.5, 0.6) is 5.75 Å². The maximum atomic E-state index is 11.2. The molecule has 6 heteroatoms. The number of imidazole rings is 1. The molecule has 0 amide bonds. The number of hydrogen-bond donors (Lipinski definition) is 1. The van der Waals surface area contributed by atoms with Gasteiger partial charge in [-0.15, -0.1) is 0 Å². The van der Waals surface area contributed by atoms with Crippen molar-refractivity contribution in [1.82, 2.24) is 9.55 Å². The molecule has 2 aromatic rings. The SMILES string of the molecule is COC(=O)CCc1nc2cc(OC)c(N)cc2n1C. The normalized spacial score (nSPS) is 10.7. The van der Waals surface area contributed by atoms with E-state index in [1.165, 1.54) is 7.11 Å². The van der Waals surface area contributed by atoms with Crippen molar-refractivity contribution in [2.45, 2.75) is 12.8 Å². The topological polar surface area (TPSA) is 79.4 Å². The van der Waals surface area contributed by atoms with E-state index in [-0.39, 0.29) is 5.97 Å². The number of nitrogen functional groups attached to an aromatic ring is 1. The summed E-state index contributed by atoms with van der Waals surface area (Å²) in [6, 6.07) is 3.62. The molecule has 19 heavy (non-hydrogen) atoms. The number of nitrogens with two attached hydrogens (primary N) is 1. The summed E-state index contributed by atoms with van der Waals surface area (Å²) in [5.41, 5.74) is 8.16. The van der Waals surface area contributed by atoms with Crippen LogP contribution in [0.2, 0.25) is 0 Å². The number of hydrogen-bond acceptors (Lipinski definition) is 5. The third kappa shape index (κ3) is 2.47. The summed E-state index contributed by atoms with van der Waals surface area (Å²) < 4.78 is 11.7. The highest BCUT2D eigenvalue weighted by Gasteiger charge is 2.12. The Morgan fingerprint density at radius 2 is 2.16 bits per heavy atom. The molecule has 0 fully saturated rings. The highest BCUT2D eigenvalue weighted by molar-refractivity contribution is 5.83. The Kier molecular flexibility index (Phi) is 3.59. The maximum Gasteiger partial charge on any atom is 0.305 e. The van der Waals surface area contributed by atoms with Crippen molar-refractivity contribution in [1.29, 1.82) is 0 Å². The average molecular weight is 263 g/mol. The molecule has 0 aliphatic heterocycles. The minimum Gasteiger partial charge on any atom is -0.495 e. The minimum atomic E-state index is -0.246. The van der Waals surface area contributed by atoms with Gasteiger partial charge in [-0.1, -0.05) is 0 Å². The van der Waals surface area contributed by atoms with Crippen LogP contribution in [-0.4, -0.2) is 29.7 Å². The molecule has 1 aromatic heterocycles. The Balaban J connectivity index is 2.36. The van der Waals surface area contributed by atoms with Gasteiger partial charge in [-0.05, 0) is 6.07 Å². The van der Waals surface area contributed by atoms with Crippen molar-refractivity contribution in [2.75, 3.05) is 20.0 Å². The summed E-state index contributed by atoms with van der Waals surface area (Å²) in [6.07, 6.45) is 0.834. The Morgan fingerprint density at radius 1 is 1.42 bits per heavy atom. The van der Waals surface area contributed by atoms with Crippen molar-refractivity contribution in [2.24, 2.45) is 7.05 Å². The highest BCUT2D eigenvalue weighted by Crippen LogP contribution is 2.28. The minimum absolute atomic E-state index is 0.246. The summed E-state index contributed by atoms with van der Waals surface area (Å²) in [5, 5.41) is 0. The van der Waals surface area contributed by atoms with E-state index in [0.29, 0.717) is 24.3 Å². The van der Waals surface area contributed by atoms with Crippen molar-refractivity contribution < 1.29 is 14.3 Å². The molecule has 0 aliphatic rings. The lowest BCUT2D eigenvalue weighted by atomic mass is 10.2. The van der Waals surface area contributed by atoms with Gasteiger partial charge in [0.15, 0.2) is 0 Å². The Bertz CT molecular complexity index is 619. The number of ether oxygens (including phenoxy) is 2. The predicted octanol–water partition coefficient (Wildman–Crippen LogP) is 1.27. The molecular weight excluding hydrogens is 246 g/mol. The molecule has 102 valence electrons. The number of methoxy groups -OCH3 is 2. The van der Waals surface area contributed by atoms with Crippen LogP contribution in [0.4, 0.5) is 5.69 Å². The van der Waals surface area contributed by atoms with Gasteiger partial charge in [0, 0.05) is 19.5 Å². The zero-order valence-electron chi connectivity index (χ0n) is 11.3. The van der Waals surface area contributed by atoms with Crippen molar-refractivity contribution in [3.8, 4) is 5.75 Å². The first-order chi connectivity index (χ1) is 9.06.